The molecule has 0 unspecified atom stereocenters. The van der Waals surface area contributed by atoms with Crippen molar-refractivity contribution in [2.24, 2.45) is 5.92 Å². The van der Waals surface area contributed by atoms with Crippen molar-refractivity contribution in [2.75, 3.05) is 37.0 Å². The fourth-order valence-electron chi connectivity index (χ4n) is 3.03. The van der Waals surface area contributed by atoms with Crippen LogP contribution in [0.3, 0.4) is 0 Å². The number of nitrogens with zero attached hydrogens (tertiary/aromatic N) is 3. The van der Waals surface area contributed by atoms with Crippen LogP contribution in [-0.4, -0.2) is 42.7 Å². The van der Waals surface area contributed by atoms with Gasteiger partial charge in [-0.25, -0.2) is 9.97 Å². The van der Waals surface area contributed by atoms with E-state index < -0.39 is 0 Å². The van der Waals surface area contributed by atoms with Gasteiger partial charge < -0.3 is 19.7 Å². The van der Waals surface area contributed by atoms with E-state index in [4.69, 9.17) is 21.1 Å². The highest BCUT2D eigenvalue weighted by Gasteiger charge is 2.21. The highest BCUT2D eigenvalue weighted by Crippen LogP contribution is 2.37. The second kappa shape index (κ2) is 9.10. The summed E-state index contributed by atoms with van der Waals surface area (Å²) in [5.74, 6) is 1.62. The third-order valence-electron chi connectivity index (χ3n) is 4.40. The molecule has 1 aromatic carbocycles. The van der Waals surface area contributed by atoms with Gasteiger partial charge in [-0.15, -0.1) is 0 Å². The van der Waals surface area contributed by atoms with E-state index in [2.05, 4.69) is 20.2 Å². The average Bonchev–Trinajstić information content (AvgIpc) is 3.21. The molecule has 3 rings (SSSR count). The number of hydrogen-bond donors (Lipinski definition) is 1. The van der Waals surface area contributed by atoms with Crippen molar-refractivity contribution in [2.45, 2.75) is 26.7 Å². The summed E-state index contributed by atoms with van der Waals surface area (Å²) < 4.78 is 11.1. The van der Waals surface area contributed by atoms with E-state index in [9.17, 15) is 4.79 Å². The van der Waals surface area contributed by atoms with Gasteiger partial charge >= 0.3 is 0 Å². The highest BCUT2D eigenvalue weighted by molar-refractivity contribution is 6.32. The van der Waals surface area contributed by atoms with Crippen molar-refractivity contribution in [1.82, 2.24) is 9.97 Å². The second-order valence-electron chi connectivity index (χ2n) is 7.10. The van der Waals surface area contributed by atoms with E-state index >= 15 is 0 Å². The Balaban J connectivity index is 1.82. The van der Waals surface area contributed by atoms with Gasteiger partial charge in [-0.05, 0) is 30.9 Å². The van der Waals surface area contributed by atoms with Crippen LogP contribution in [0.2, 0.25) is 5.02 Å². The van der Waals surface area contributed by atoms with Gasteiger partial charge in [-0.3, -0.25) is 4.79 Å². The molecule has 7 nitrogen and oxygen atoms in total. The van der Waals surface area contributed by atoms with Gasteiger partial charge in [0.25, 0.3) is 5.91 Å². The molecule has 1 aliphatic rings. The van der Waals surface area contributed by atoms with Gasteiger partial charge in [0.05, 0.1) is 24.9 Å². The molecule has 0 radical (unpaired) electrons. The molecule has 150 valence electrons. The lowest BCUT2D eigenvalue weighted by molar-refractivity contribution is 0.102. The third kappa shape index (κ3) is 4.65. The first-order chi connectivity index (χ1) is 13.5. The molecule has 0 bridgehead atoms. The Morgan fingerprint density at radius 2 is 2.07 bits per heavy atom. The number of rotatable bonds is 7. The van der Waals surface area contributed by atoms with Gasteiger partial charge in [0.15, 0.2) is 17.3 Å². The molecule has 1 amide bonds. The Morgan fingerprint density at radius 3 is 2.75 bits per heavy atom. The summed E-state index contributed by atoms with van der Waals surface area (Å²) in [6.45, 7) is 6.43. The standard InChI is InChI=1S/C20H25ClN4O3/c1-13(2)11-28-18-15(21)8-14(9-17(18)27-3)20(26)24-16-10-22-12-23-19(16)25-6-4-5-7-25/h8-10,12-13H,4-7,11H2,1-3H3,(H,24,26). The summed E-state index contributed by atoms with van der Waals surface area (Å²) in [5, 5.41) is 3.22. The SMILES string of the molecule is COc1cc(C(=O)Nc2cncnc2N2CCCC2)cc(Cl)c1OCC(C)C. The fraction of sp³-hybridized carbons (Fsp3) is 0.450. The summed E-state index contributed by atoms with van der Waals surface area (Å²) in [4.78, 5) is 23.4. The Kier molecular flexibility index (Phi) is 6.57. The number of aromatic nitrogens is 2. The normalized spacial score (nSPS) is 13.7. The van der Waals surface area contributed by atoms with E-state index in [0.717, 1.165) is 31.7 Å². The van der Waals surface area contributed by atoms with Gasteiger partial charge in [-0.1, -0.05) is 25.4 Å². The molecule has 2 heterocycles. The topological polar surface area (TPSA) is 76.6 Å². The molecule has 0 aliphatic carbocycles. The lowest BCUT2D eigenvalue weighted by Gasteiger charge is -2.20. The molecule has 8 heteroatoms. The van der Waals surface area contributed by atoms with Crippen LogP contribution in [-0.2, 0) is 0 Å². The zero-order chi connectivity index (χ0) is 20.1. The largest absolute Gasteiger partial charge is 0.493 e. The molecule has 1 aromatic heterocycles. The molecule has 1 fully saturated rings. The maximum atomic E-state index is 12.8. The Hall–Kier alpha value is -2.54. The van der Waals surface area contributed by atoms with E-state index in [-0.39, 0.29) is 5.91 Å². The lowest BCUT2D eigenvalue weighted by atomic mass is 10.1. The van der Waals surface area contributed by atoms with Gasteiger partial charge in [-0.2, -0.15) is 0 Å². The molecular formula is C20H25ClN4O3. The van der Waals surface area contributed by atoms with E-state index in [1.807, 2.05) is 13.8 Å². The number of carbonyl (C=O) groups excluding carboxylic acids is 1. The zero-order valence-corrected chi connectivity index (χ0v) is 17.1. The molecule has 1 N–H and O–H groups in total. The first-order valence-electron chi connectivity index (χ1n) is 9.36. The van der Waals surface area contributed by atoms with Crippen LogP contribution < -0.4 is 19.7 Å². The first kappa shape index (κ1) is 20.2. The first-order valence-corrected chi connectivity index (χ1v) is 9.74. The van der Waals surface area contributed by atoms with E-state index in [1.54, 1.807) is 18.3 Å². The Bertz CT molecular complexity index is 838. The van der Waals surface area contributed by atoms with Gasteiger partial charge in [0.1, 0.15) is 12.0 Å². The van der Waals surface area contributed by atoms with Crippen LogP contribution >= 0.6 is 11.6 Å². The number of hydrogen-bond acceptors (Lipinski definition) is 6. The Labute approximate surface area is 170 Å². The number of carbonyl (C=O) groups is 1. The Morgan fingerprint density at radius 1 is 1.32 bits per heavy atom. The summed E-state index contributed by atoms with van der Waals surface area (Å²) in [7, 11) is 1.52. The smallest absolute Gasteiger partial charge is 0.255 e. The van der Waals surface area contributed by atoms with Crippen LogP contribution in [0.15, 0.2) is 24.7 Å². The average molecular weight is 405 g/mol. The van der Waals surface area contributed by atoms with E-state index in [1.165, 1.54) is 13.4 Å². The molecule has 1 aliphatic heterocycles. The third-order valence-corrected chi connectivity index (χ3v) is 4.68. The maximum absolute atomic E-state index is 12.8. The number of nitrogens with one attached hydrogen (secondary N) is 1. The quantitative estimate of drug-likeness (QED) is 0.750. The van der Waals surface area contributed by atoms with Crippen molar-refractivity contribution in [1.29, 1.82) is 0 Å². The van der Waals surface area contributed by atoms with Crippen molar-refractivity contribution < 1.29 is 14.3 Å². The molecule has 1 saturated heterocycles. The fourth-order valence-corrected chi connectivity index (χ4v) is 3.29. The predicted octanol–water partition coefficient (Wildman–Crippen LogP) is 4.03. The lowest BCUT2D eigenvalue weighted by Crippen LogP contribution is -2.22. The summed E-state index contributed by atoms with van der Waals surface area (Å²) >= 11 is 6.36. The molecule has 2 aromatic rings. The summed E-state index contributed by atoms with van der Waals surface area (Å²) in [5.41, 5.74) is 0.944. The minimum Gasteiger partial charge on any atom is -0.493 e. The molecule has 0 spiro atoms. The van der Waals surface area contributed by atoms with Crippen LogP contribution in [0.4, 0.5) is 11.5 Å². The maximum Gasteiger partial charge on any atom is 0.255 e. The van der Waals surface area contributed by atoms with Crippen LogP contribution in [0, 0.1) is 5.92 Å². The molecule has 28 heavy (non-hydrogen) atoms. The van der Waals surface area contributed by atoms with Crippen molar-refractivity contribution in [3.05, 3.63) is 35.2 Å². The van der Waals surface area contributed by atoms with Crippen LogP contribution in [0.5, 0.6) is 11.5 Å². The van der Waals surface area contributed by atoms with E-state index in [0.29, 0.717) is 40.3 Å². The summed E-state index contributed by atoms with van der Waals surface area (Å²) in [6.07, 6.45) is 5.33. The highest BCUT2D eigenvalue weighted by atomic mass is 35.5. The van der Waals surface area contributed by atoms with Crippen molar-refractivity contribution in [3.63, 3.8) is 0 Å². The number of methoxy groups -OCH3 is 1. The molecular weight excluding hydrogens is 380 g/mol. The molecule has 0 saturated carbocycles. The van der Waals surface area contributed by atoms with Crippen molar-refractivity contribution in [3.8, 4) is 11.5 Å². The minimum atomic E-state index is -0.314. The van der Waals surface area contributed by atoms with Crippen LogP contribution in [0.25, 0.3) is 0 Å². The van der Waals surface area contributed by atoms with Gasteiger partial charge in [0.2, 0.25) is 0 Å². The van der Waals surface area contributed by atoms with Gasteiger partial charge in [0, 0.05) is 18.7 Å². The monoisotopic (exact) mass is 404 g/mol. The predicted molar refractivity (Wildman–Crippen MR) is 110 cm³/mol. The second-order valence-corrected chi connectivity index (χ2v) is 7.51. The zero-order valence-electron chi connectivity index (χ0n) is 16.4. The summed E-state index contributed by atoms with van der Waals surface area (Å²) in [6, 6.07) is 3.20. The van der Waals surface area contributed by atoms with Crippen molar-refractivity contribution >= 4 is 29.0 Å². The number of anilines is 2. The number of halogens is 1. The number of benzene rings is 1. The molecule has 0 atom stereocenters. The number of amides is 1. The van der Waals surface area contributed by atoms with Crippen LogP contribution in [0.1, 0.15) is 37.0 Å². The minimum absolute atomic E-state index is 0.314. The number of ether oxygens (including phenoxy) is 2.